The molecule has 0 spiro atoms. The summed E-state index contributed by atoms with van der Waals surface area (Å²) in [6.45, 7) is 13.0. The van der Waals surface area contributed by atoms with E-state index >= 15 is 0 Å². The van der Waals surface area contributed by atoms with Gasteiger partial charge in [0.05, 0.1) is 5.56 Å². The molecule has 0 amide bonds. The Morgan fingerprint density at radius 3 is 2.30 bits per heavy atom. The van der Waals surface area contributed by atoms with Gasteiger partial charge in [-0.05, 0) is 39.5 Å². The molecule has 3 unspecified atom stereocenters. The number of carbonyl (C=O) groups is 1. The number of piperazine rings is 1. The average Bonchev–Trinajstić information content (AvgIpc) is 2.76. The van der Waals surface area contributed by atoms with Crippen LogP contribution in [0.15, 0.2) is 12.4 Å². The Morgan fingerprint density at radius 1 is 1.13 bits per heavy atom. The van der Waals surface area contributed by atoms with Crippen molar-refractivity contribution in [1.29, 1.82) is 0 Å². The second-order valence-corrected chi connectivity index (χ2v) is 8.61. The van der Waals surface area contributed by atoms with Crippen LogP contribution in [0.3, 0.4) is 0 Å². The molecule has 5 nitrogen and oxygen atoms in total. The van der Waals surface area contributed by atoms with Crippen molar-refractivity contribution in [3.05, 3.63) is 18.0 Å². The van der Waals surface area contributed by atoms with Crippen LogP contribution in [-0.2, 0) is 4.79 Å². The van der Waals surface area contributed by atoms with Gasteiger partial charge in [-0.15, -0.1) is 0 Å². The number of hydrogen-bond acceptors (Lipinski definition) is 5. The average molecular weight is 413 g/mol. The third kappa shape index (κ3) is 7.09. The quantitative estimate of drug-likeness (QED) is 0.406. The van der Waals surface area contributed by atoms with E-state index in [4.69, 9.17) is 0 Å². The second-order valence-electron chi connectivity index (χ2n) is 8.61. The molecule has 0 aromatic carbocycles. The van der Waals surface area contributed by atoms with Crippen molar-refractivity contribution in [2.75, 3.05) is 18.0 Å². The predicted molar refractivity (Wildman–Crippen MR) is 125 cm³/mol. The van der Waals surface area contributed by atoms with Gasteiger partial charge in [-0.3, -0.25) is 4.90 Å². The molecule has 0 bridgehead atoms. The standard InChI is InChI=1S/C25H40N4O/c1-6-9-13-20(4)28-18-23(7-2)29(24(8-3)19-28)25-26-16-22(17-27-25)15-12-10-11-14-21(5)30/h16-17,20,23-24H,6-11,13-14,18-19H2,1-5H3. The van der Waals surface area contributed by atoms with Gasteiger partial charge >= 0.3 is 0 Å². The molecule has 30 heavy (non-hydrogen) atoms. The van der Waals surface area contributed by atoms with E-state index in [0.717, 1.165) is 50.3 Å². The zero-order chi connectivity index (χ0) is 21.9. The Morgan fingerprint density at radius 2 is 1.77 bits per heavy atom. The van der Waals surface area contributed by atoms with E-state index < -0.39 is 0 Å². The normalized spacial score (nSPS) is 20.5. The van der Waals surface area contributed by atoms with Crippen LogP contribution < -0.4 is 4.90 Å². The topological polar surface area (TPSA) is 49.3 Å². The van der Waals surface area contributed by atoms with Crippen molar-refractivity contribution in [3.8, 4) is 11.8 Å². The van der Waals surface area contributed by atoms with Gasteiger partial charge in [0.1, 0.15) is 5.78 Å². The summed E-state index contributed by atoms with van der Waals surface area (Å²) in [5.41, 5.74) is 0.842. The number of rotatable bonds is 10. The van der Waals surface area contributed by atoms with Crippen molar-refractivity contribution < 1.29 is 4.79 Å². The molecule has 2 heterocycles. The number of aromatic nitrogens is 2. The molecule has 0 aliphatic carbocycles. The van der Waals surface area contributed by atoms with E-state index in [2.05, 4.69) is 59.3 Å². The lowest BCUT2D eigenvalue weighted by Gasteiger charge is -2.48. The van der Waals surface area contributed by atoms with Gasteiger partial charge in [0.15, 0.2) is 0 Å². The maximum atomic E-state index is 11.0. The minimum Gasteiger partial charge on any atom is -0.332 e. The highest BCUT2D eigenvalue weighted by atomic mass is 16.1. The summed E-state index contributed by atoms with van der Waals surface area (Å²) in [6.07, 6.45) is 11.9. The lowest BCUT2D eigenvalue weighted by Crippen LogP contribution is -2.60. The first-order valence-electron chi connectivity index (χ1n) is 11.8. The van der Waals surface area contributed by atoms with Crippen LogP contribution in [-0.4, -0.2) is 51.9 Å². The number of carbonyl (C=O) groups excluding carboxylic acids is 1. The summed E-state index contributed by atoms with van der Waals surface area (Å²) < 4.78 is 0. The van der Waals surface area contributed by atoms with Crippen LogP contribution in [0, 0.1) is 11.8 Å². The molecule has 1 aromatic rings. The highest BCUT2D eigenvalue weighted by Crippen LogP contribution is 2.27. The van der Waals surface area contributed by atoms with Crippen molar-refractivity contribution in [2.24, 2.45) is 0 Å². The number of anilines is 1. The fourth-order valence-electron chi connectivity index (χ4n) is 4.22. The van der Waals surface area contributed by atoms with Gasteiger partial charge < -0.3 is 9.69 Å². The molecule has 1 fully saturated rings. The first-order valence-corrected chi connectivity index (χ1v) is 11.8. The van der Waals surface area contributed by atoms with E-state index in [0.29, 0.717) is 24.5 Å². The van der Waals surface area contributed by atoms with E-state index in [9.17, 15) is 4.79 Å². The summed E-state index contributed by atoms with van der Waals surface area (Å²) in [6, 6.07) is 1.52. The molecule has 0 N–H and O–H groups in total. The first-order chi connectivity index (χ1) is 14.5. The van der Waals surface area contributed by atoms with Gasteiger partial charge in [-0.2, -0.15) is 0 Å². The van der Waals surface area contributed by atoms with E-state index in [-0.39, 0.29) is 5.78 Å². The minimum absolute atomic E-state index is 0.222. The molecular formula is C25H40N4O. The molecule has 0 saturated carbocycles. The predicted octanol–water partition coefficient (Wildman–Crippen LogP) is 4.85. The van der Waals surface area contributed by atoms with Gasteiger partial charge in [0, 0.05) is 56.5 Å². The summed E-state index contributed by atoms with van der Waals surface area (Å²) in [5.74, 6) is 7.31. The monoisotopic (exact) mass is 412 g/mol. The van der Waals surface area contributed by atoms with Crippen molar-refractivity contribution >= 4 is 11.7 Å². The van der Waals surface area contributed by atoms with Crippen LogP contribution >= 0.6 is 0 Å². The third-order valence-electron chi connectivity index (χ3n) is 6.15. The zero-order valence-corrected chi connectivity index (χ0v) is 19.7. The van der Waals surface area contributed by atoms with Crippen molar-refractivity contribution in [3.63, 3.8) is 0 Å². The Kier molecular flexibility index (Phi) is 10.3. The van der Waals surface area contributed by atoms with Crippen LogP contribution in [0.25, 0.3) is 0 Å². The molecule has 1 aliphatic rings. The molecule has 1 saturated heterocycles. The lowest BCUT2D eigenvalue weighted by molar-refractivity contribution is -0.117. The molecule has 1 aromatic heterocycles. The molecular weight excluding hydrogens is 372 g/mol. The largest absolute Gasteiger partial charge is 0.332 e. The van der Waals surface area contributed by atoms with Crippen LogP contribution in [0.5, 0.6) is 0 Å². The fourth-order valence-corrected chi connectivity index (χ4v) is 4.22. The number of Topliss-reactive ketones (excluding diaryl/α,β-unsaturated/α-hetero) is 1. The van der Waals surface area contributed by atoms with Crippen molar-refractivity contribution in [2.45, 2.75) is 104 Å². The molecule has 2 rings (SSSR count). The molecule has 1 aliphatic heterocycles. The second kappa shape index (κ2) is 12.7. The number of unbranched alkanes of at least 4 members (excludes halogenated alkanes) is 2. The van der Waals surface area contributed by atoms with Gasteiger partial charge in [0.25, 0.3) is 0 Å². The van der Waals surface area contributed by atoms with E-state index in [1.807, 2.05) is 12.4 Å². The highest BCUT2D eigenvalue weighted by Gasteiger charge is 2.35. The minimum atomic E-state index is 0.222. The Hall–Kier alpha value is -1.93. The smallest absolute Gasteiger partial charge is 0.225 e. The molecule has 0 radical (unpaired) electrons. The van der Waals surface area contributed by atoms with Crippen LogP contribution in [0.2, 0.25) is 0 Å². The Labute approximate surface area is 183 Å². The molecule has 5 heteroatoms. The summed E-state index contributed by atoms with van der Waals surface area (Å²) in [4.78, 5) is 25.5. The van der Waals surface area contributed by atoms with E-state index in [1.54, 1.807) is 6.92 Å². The SMILES string of the molecule is CCCCC(C)N1CC(CC)N(c2ncc(C#CCCCC(C)=O)cn2)C(CC)C1. The van der Waals surface area contributed by atoms with Gasteiger partial charge in [-0.25, -0.2) is 9.97 Å². The number of hydrogen-bond donors (Lipinski definition) is 0. The Bertz CT molecular complexity index is 692. The Balaban J connectivity index is 2.06. The van der Waals surface area contributed by atoms with Crippen LogP contribution in [0.4, 0.5) is 5.95 Å². The summed E-state index contributed by atoms with van der Waals surface area (Å²) in [5, 5.41) is 0. The fraction of sp³-hybridized carbons (Fsp3) is 0.720. The highest BCUT2D eigenvalue weighted by molar-refractivity contribution is 5.75. The van der Waals surface area contributed by atoms with Gasteiger partial charge in [-0.1, -0.05) is 45.5 Å². The maximum Gasteiger partial charge on any atom is 0.225 e. The van der Waals surface area contributed by atoms with Crippen molar-refractivity contribution in [1.82, 2.24) is 14.9 Å². The summed E-state index contributed by atoms with van der Waals surface area (Å²) in [7, 11) is 0. The molecule has 166 valence electrons. The maximum absolute atomic E-state index is 11.0. The number of ketones is 1. The van der Waals surface area contributed by atoms with Crippen LogP contribution in [0.1, 0.15) is 91.5 Å². The van der Waals surface area contributed by atoms with E-state index in [1.165, 1.54) is 19.3 Å². The third-order valence-corrected chi connectivity index (χ3v) is 6.15. The summed E-state index contributed by atoms with van der Waals surface area (Å²) >= 11 is 0. The first kappa shape index (κ1) is 24.3. The molecule has 3 atom stereocenters. The lowest BCUT2D eigenvalue weighted by atomic mass is 9.99. The van der Waals surface area contributed by atoms with Gasteiger partial charge in [0.2, 0.25) is 5.95 Å². The number of nitrogens with zero attached hydrogens (tertiary/aromatic N) is 4. The zero-order valence-electron chi connectivity index (χ0n) is 19.7.